The van der Waals surface area contributed by atoms with Crippen LogP contribution in [0, 0.1) is 11.8 Å². The smallest absolute Gasteiger partial charge is 0.309 e. The zero-order valence-electron chi connectivity index (χ0n) is 23.8. The first-order valence-electron chi connectivity index (χ1n) is 14.2. The Balaban J connectivity index is 2.05. The molecule has 41 heavy (non-hydrogen) atoms. The van der Waals surface area contributed by atoms with E-state index in [9.17, 15) is 14.4 Å². The van der Waals surface area contributed by atoms with E-state index in [1.165, 1.54) is 0 Å². The van der Waals surface area contributed by atoms with Crippen LogP contribution in [0.25, 0.3) is 0 Å². The zero-order chi connectivity index (χ0) is 29.7. The lowest BCUT2D eigenvalue weighted by atomic mass is 9.95. The Morgan fingerprint density at radius 2 is 1.54 bits per heavy atom. The molecule has 8 heteroatoms. The fourth-order valence-corrected chi connectivity index (χ4v) is 4.40. The van der Waals surface area contributed by atoms with Gasteiger partial charge in [-0.15, -0.1) is 13.2 Å². The minimum Gasteiger partial charge on any atom is -0.463 e. The average molecular weight is 565 g/mol. The predicted octanol–water partition coefficient (Wildman–Crippen LogP) is 3.79. The van der Waals surface area contributed by atoms with Gasteiger partial charge in [-0.25, -0.2) is 0 Å². The van der Waals surface area contributed by atoms with Gasteiger partial charge in [0, 0.05) is 13.0 Å². The summed E-state index contributed by atoms with van der Waals surface area (Å²) in [5.41, 5.74) is 2.04. The van der Waals surface area contributed by atoms with Gasteiger partial charge in [-0.1, -0.05) is 72.8 Å². The normalized spacial score (nSPS) is 12.9. The highest BCUT2D eigenvalue weighted by atomic mass is 16.5. The Kier molecular flexibility index (Phi) is 16.5. The van der Waals surface area contributed by atoms with Crippen molar-refractivity contribution in [3.05, 3.63) is 97.1 Å². The highest BCUT2D eigenvalue weighted by Crippen LogP contribution is 2.18. The Morgan fingerprint density at radius 1 is 0.878 bits per heavy atom. The van der Waals surface area contributed by atoms with Crippen molar-refractivity contribution >= 4 is 17.8 Å². The Morgan fingerprint density at radius 3 is 2.15 bits per heavy atom. The van der Waals surface area contributed by atoms with E-state index in [1.807, 2.05) is 60.7 Å². The average Bonchev–Trinajstić information content (AvgIpc) is 2.98. The first-order chi connectivity index (χ1) is 20.0. The van der Waals surface area contributed by atoms with Crippen molar-refractivity contribution in [2.24, 2.45) is 11.8 Å². The second kappa shape index (κ2) is 20.2. The van der Waals surface area contributed by atoms with Gasteiger partial charge in [0.25, 0.3) is 0 Å². The van der Waals surface area contributed by atoms with E-state index >= 15 is 0 Å². The molecule has 0 fully saturated rings. The van der Waals surface area contributed by atoms with E-state index in [-0.39, 0.29) is 63.1 Å². The van der Waals surface area contributed by atoms with Crippen LogP contribution in [-0.4, -0.2) is 61.9 Å². The molecule has 2 amide bonds. The van der Waals surface area contributed by atoms with Gasteiger partial charge in [-0.2, -0.15) is 0 Å². The summed E-state index contributed by atoms with van der Waals surface area (Å²) < 4.78 is 10.9. The van der Waals surface area contributed by atoms with Crippen molar-refractivity contribution in [3.8, 4) is 0 Å². The number of rotatable bonds is 21. The first-order valence-corrected chi connectivity index (χ1v) is 14.2. The molecule has 0 saturated heterocycles. The third kappa shape index (κ3) is 13.9. The maximum atomic E-state index is 13.3. The Hall–Kier alpha value is -3.75. The number of aliphatic hydroxyl groups excluding tert-OH is 1. The van der Waals surface area contributed by atoms with Crippen LogP contribution in [0.3, 0.4) is 0 Å². The van der Waals surface area contributed by atoms with Crippen molar-refractivity contribution in [2.45, 2.75) is 44.6 Å². The van der Waals surface area contributed by atoms with E-state index in [0.717, 1.165) is 11.1 Å². The van der Waals surface area contributed by atoms with Crippen molar-refractivity contribution in [1.29, 1.82) is 0 Å². The molecular formula is C33H44N2O6. The van der Waals surface area contributed by atoms with Gasteiger partial charge in [-0.05, 0) is 43.2 Å². The number of esters is 1. The number of ether oxygens (including phenoxy) is 2. The summed E-state index contributed by atoms with van der Waals surface area (Å²) in [5.74, 6) is -1.86. The molecule has 0 aliphatic carbocycles. The van der Waals surface area contributed by atoms with Crippen LogP contribution < -0.4 is 10.6 Å². The minimum absolute atomic E-state index is 0.00798. The van der Waals surface area contributed by atoms with Crippen LogP contribution in [0.1, 0.15) is 36.8 Å². The molecule has 0 bridgehead atoms. The Labute approximate surface area is 243 Å². The highest BCUT2D eigenvalue weighted by Gasteiger charge is 2.26. The van der Waals surface area contributed by atoms with Gasteiger partial charge in [0.15, 0.2) is 0 Å². The van der Waals surface area contributed by atoms with Crippen LogP contribution in [0.5, 0.6) is 0 Å². The zero-order valence-corrected chi connectivity index (χ0v) is 23.8. The Bertz CT molecular complexity index is 1060. The third-order valence-electron chi connectivity index (χ3n) is 6.53. The number of hydrogen-bond donors (Lipinski definition) is 3. The lowest BCUT2D eigenvalue weighted by molar-refractivity contribution is -0.150. The molecular weight excluding hydrogens is 520 g/mol. The molecule has 8 nitrogen and oxygen atoms in total. The van der Waals surface area contributed by atoms with E-state index in [0.29, 0.717) is 32.1 Å². The quantitative estimate of drug-likeness (QED) is 0.121. The monoisotopic (exact) mass is 564 g/mol. The van der Waals surface area contributed by atoms with Gasteiger partial charge in [-0.3, -0.25) is 14.4 Å². The van der Waals surface area contributed by atoms with Gasteiger partial charge in [0.05, 0.1) is 37.7 Å². The van der Waals surface area contributed by atoms with Crippen molar-refractivity contribution in [2.75, 3.05) is 33.0 Å². The molecule has 0 spiro atoms. The van der Waals surface area contributed by atoms with Crippen molar-refractivity contribution in [1.82, 2.24) is 10.6 Å². The van der Waals surface area contributed by atoms with Crippen LogP contribution >= 0.6 is 0 Å². The second-order valence-electron chi connectivity index (χ2n) is 9.89. The molecule has 0 saturated carbocycles. The highest BCUT2D eigenvalue weighted by molar-refractivity contribution is 5.86. The molecule has 2 aromatic carbocycles. The summed E-state index contributed by atoms with van der Waals surface area (Å²) in [5, 5.41) is 14.5. The molecule has 0 aliphatic rings. The van der Waals surface area contributed by atoms with Crippen LogP contribution in [0.15, 0.2) is 86.0 Å². The summed E-state index contributed by atoms with van der Waals surface area (Å²) in [6, 6.07) is 19.0. The van der Waals surface area contributed by atoms with Gasteiger partial charge in [0.2, 0.25) is 11.8 Å². The van der Waals surface area contributed by atoms with Crippen LogP contribution in [0.4, 0.5) is 0 Å². The molecule has 0 radical (unpaired) electrons. The number of benzene rings is 2. The molecule has 2 rings (SSSR count). The van der Waals surface area contributed by atoms with E-state index in [4.69, 9.17) is 14.6 Å². The molecule has 2 aromatic rings. The van der Waals surface area contributed by atoms with E-state index < -0.39 is 12.0 Å². The molecule has 0 aromatic heterocycles. The SMILES string of the molecule is C=CCCC(Cc1ccccc1)C(=O)OCC(Cc1ccccc1)NC(=O)C(CC=C)CC(=O)NCCOCCO. The summed E-state index contributed by atoms with van der Waals surface area (Å²) in [6.45, 7) is 8.20. The number of hydrogen-bond acceptors (Lipinski definition) is 6. The van der Waals surface area contributed by atoms with E-state index in [2.05, 4.69) is 23.8 Å². The van der Waals surface area contributed by atoms with Crippen LogP contribution in [0.2, 0.25) is 0 Å². The van der Waals surface area contributed by atoms with Gasteiger partial charge in [0.1, 0.15) is 6.61 Å². The standard InChI is InChI=1S/C33H44N2O6/c1-3-5-17-29(22-26-13-8-6-9-14-26)33(39)41-25-30(23-27-15-10-7-11-16-27)35-32(38)28(12-4-2)24-31(37)34-18-20-40-21-19-36/h3-4,6-11,13-16,28-30,36H,1-2,5,12,17-25H2,(H,34,37)(H,35,38). The third-order valence-corrected chi connectivity index (χ3v) is 6.53. The fraction of sp³-hybridized carbons (Fsp3) is 0.424. The topological polar surface area (TPSA) is 114 Å². The second-order valence-corrected chi connectivity index (χ2v) is 9.89. The number of carbonyl (C=O) groups excluding carboxylic acids is 3. The molecule has 3 N–H and O–H groups in total. The van der Waals surface area contributed by atoms with Crippen LogP contribution in [-0.2, 0) is 36.7 Å². The summed E-state index contributed by atoms with van der Waals surface area (Å²) in [7, 11) is 0. The maximum absolute atomic E-state index is 13.3. The lowest BCUT2D eigenvalue weighted by Gasteiger charge is -2.24. The predicted molar refractivity (Wildman–Crippen MR) is 160 cm³/mol. The molecule has 222 valence electrons. The molecule has 3 unspecified atom stereocenters. The fourth-order valence-electron chi connectivity index (χ4n) is 4.40. The van der Waals surface area contributed by atoms with Gasteiger partial charge < -0.3 is 25.2 Å². The minimum atomic E-state index is -0.627. The first kappa shape index (κ1) is 33.5. The molecule has 3 atom stereocenters. The summed E-state index contributed by atoms with van der Waals surface area (Å²) in [6.07, 6.45) is 6.04. The number of amides is 2. The summed E-state index contributed by atoms with van der Waals surface area (Å²) >= 11 is 0. The summed E-state index contributed by atoms with van der Waals surface area (Å²) in [4.78, 5) is 38.9. The van der Waals surface area contributed by atoms with E-state index in [1.54, 1.807) is 12.2 Å². The number of nitrogens with one attached hydrogen (secondary N) is 2. The van der Waals surface area contributed by atoms with Gasteiger partial charge >= 0.3 is 5.97 Å². The number of aliphatic hydroxyl groups is 1. The number of allylic oxidation sites excluding steroid dienone is 2. The number of carbonyl (C=O) groups is 3. The largest absolute Gasteiger partial charge is 0.463 e. The maximum Gasteiger partial charge on any atom is 0.309 e. The lowest BCUT2D eigenvalue weighted by Crippen LogP contribution is -2.44. The molecule has 0 aliphatic heterocycles. The molecule has 0 heterocycles. The van der Waals surface area contributed by atoms with Crippen molar-refractivity contribution in [3.63, 3.8) is 0 Å². The van der Waals surface area contributed by atoms with Crippen molar-refractivity contribution < 1.29 is 29.0 Å².